The molecule has 2 rings (SSSR count). The lowest BCUT2D eigenvalue weighted by atomic mass is 9.87. The molecule has 0 atom stereocenters. The predicted octanol–water partition coefficient (Wildman–Crippen LogP) is 9.60. The fraction of sp³-hybridized carbons (Fsp3) is 0.407. The predicted molar refractivity (Wildman–Crippen MR) is 143 cm³/mol. The summed E-state index contributed by atoms with van der Waals surface area (Å²) in [4.78, 5) is 21.1. The van der Waals surface area contributed by atoms with E-state index in [0.717, 1.165) is 41.3 Å². The van der Waals surface area contributed by atoms with Gasteiger partial charge in [-0.1, -0.05) is 24.3 Å². The molecule has 0 saturated heterocycles. The van der Waals surface area contributed by atoms with E-state index < -0.39 is 106 Å². The number of nitro benzene ring substituents is 2. The third-order valence-electron chi connectivity index (χ3n) is 6.82. The first kappa shape index (κ1) is 43.3. The van der Waals surface area contributed by atoms with Gasteiger partial charge in [0, 0.05) is 36.5 Å². The van der Waals surface area contributed by atoms with E-state index in [-0.39, 0.29) is 12.1 Å². The van der Waals surface area contributed by atoms with Crippen LogP contribution in [0.3, 0.4) is 0 Å². The number of rotatable bonds is 17. The number of nitrogens with zero attached hydrogens (tertiary/aromatic N) is 3. The summed E-state index contributed by atoms with van der Waals surface area (Å²) in [5.41, 5.74) is -4.40. The Labute approximate surface area is 278 Å². The molecule has 0 N–H and O–H groups in total. The van der Waals surface area contributed by atoms with Crippen molar-refractivity contribution < 1.29 is 89.2 Å². The third kappa shape index (κ3) is 7.25. The lowest BCUT2D eigenvalue weighted by Crippen LogP contribution is -2.74. The quantitative estimate of drug-likeness (QED) is 0.0686. The molecule has 0 spiro atoms. The minimum absolute atomic E-state index is 0.118. The van der Waals surface area contributed by atoms with Gasteiger partial charge in [-0.15, -0.1) is 6.58 Å². The molecule has 0 aliphatic carbocycles. The van der Waals surface area contributed by atoms with Crippen LogP contribution in [0.2, 0.25) is 0 Å². The molecule has 0 radical (unpaired) electrons. The molecule has 0 fully saturated rings. The molecule has 0 aliphatic rings. The SMILES string of the molecule is C=CCN(CC=CCOc1cc([N+](=O)[O-])ccc1[N+](=O)[O-])c1cccc(C(F)(F)C(F)(F)C(F)(F)C(F)(F)C(F)(F)C(F)(F)C(F)(F)C(F)(F)F)c1. The first-order valence-corrected chi connectivity index (χ1v) is 13.3. The molecule has 290 valence electrons. The standard InChI is InChI=1S/C27H18F17N3O5/c1-2-10-45(11-3-4-12-52-19-14-17(46(48)49)8-9-18(19)47(50)51)16-7-5-6-15(13-16)20(28,29)21(30,31)22(32,33)23(34,35)24(36,37)25(38,39)26(40,41)27(42,43)44/h2-9,13-14H,1,10-12H2. The Morgan fingerprint density at radius 3 is 1.65 bits per heavy atom. The van der Waals surface area contributed by atoms with Gasteiger partial charge in [0.1, 0.15) is 6.61 Å². The summed E-state index contributed by atoms with van der Waals surface area (Å²) in [6, 6.07) is 3.13. The highest BCUT2D eigenvalue weighted by Gasteiger charge is 2.95. The molecule has 2 aromatic rings. The van der Waals surface area contributed by atoms with Crippen LogP contribution in [0.25, 0.3) is 0 Å². The molecule has 2 aromatic carbocycles. The molecule has 0 unspecified atom stereocenters. The maximum absolute atomic E-state index is 14.9. The van der Waals surface area contributed by atoms with Crippen LogP contribution in [0.15, 0.2) is 67.3 Å². The topological polar surface area (TPSA) is 98.8 Å². The number of nitro groups is 2. The van der Waals surface area contributed by atoms with Crippen molar-refractivity contribution in [3.8, 4) is 5.75 Å². The van der Waals surface area contributed by atoms with E-state index in [1.807, 2.05) is 0 Å². The van der Waals surface area contributed by atoms with Gasteiger partial charge in [0.25, 0.3) is 5.69 Å². The monoisotopic (exact) mass is 787 g/mol. The molecule has 0 amide bonds. The van der Waals surface area contributed by atoms with Crippen LogP contribution in [0.5, 0.6) is 5.75 Å². The molecular formula is C27H18F17N3O5. The summed E-state index contributed by atoms with van der Waals surface area (Å²) in [6.07, 6.45) is -4.70. The van der Waals surface area contributed by atoms with Crippen LogP contribution in [0, 0.1) is 20.2 Å². The minimum Gasteiger partial charge on any atom is -0.482 e. The third-order valence-corrected chi connectivity index (χ3v) is 6.82. The van der Waals surface area contributed by atoms with Gasteiger partial charge in [-0.05, 0) is 18.2 Å². The maximum Gasteiger partial charge on any atom is 0.460 e. The van der Waals surface area contributed by atoms with Crippen molar-refractivity contribution in [3.05, 3.63) is 93.1 Å². The van der Waals surface area contributed by atoms with E-state index in [9.17, 15) is 94.9 Å². The lowest BCUT2D eigenvalue weighted by molar-refractivity contribution is -0.462. The van der Waals surface area contributed by atoms with E-state index in [1.54, 1.807) is 0 Å². The van der Waals surface area contributed by atoms with E-state index in [0.29, 0.717) is 12.1 Å². The summed E-state index contributed by atoms with van der Waals surface area (Å²) in [7, 11) is 0. The average molecular weight is 787 g/mol. The molecule has 52 heavy (non-hydrogen) atoms. The Morgan fingerprint density at radius 1 is 0.654 bits per heavy atom. The summed E-state index contributed by atoms with van der Waals surface area (Å²) in [5, 5.41) is 22.1. The zero-order valence-electron chi connectivity index (χ0n) is 24.9. The maximum atomic E-state index is 14.9. The van der Waals surface area contributed by atoms with Crippen LogP contribution >= 0.6 is 0 Å². The van der Waals surface area contributed by atoms with Gasteiger partial charge < -0.3 is 9.64 Å². The van der Waals surface area contributed by atoms with Gasteiger partial charge >= 0.3 is 53.3 Å². The Hall–Kier alpha value is -4.87. The van der Waals surface area contributed by atoms with Gasteiger partial charge in [0.2, 0.25) is 5.75 Å². The van der Waals surface area contributed by atoms with Gasteiger partial charge in [0.15, 0.2) is 0 Å². The fourth-order valence-corrected chi connectivity index (χ4v) is 3.97. The largest absolute Gasteiger partial charge is 0.482 e. The second-order valence-electron chi connectivity index (χ2n) is 10.2. The Morgan fingerprint density at radius 2 is 1.17 bits per heavy atom. The van der Waals surface area contributed by atoms with Crippen molar-refractivity contribution in [1.29, 1.82) is 0 Å². The van der Waals surface area contributed by atoms with Crippen LogP contribution < -0.4 is 9.64 Å². The molecule has 25 heteroatoms. The van der Waals surface area contributed by atoms with Gasteiger partial charge in [-0.3, -0.25) is 20.2 Å². The van der Waals surface area contributed by atoms with Crippen molar-refractivity contribution in [2.75, 3.05) is 24.6 Å². The average Bonchev–Trinajstić information content (AvgIpc) is 3.02. The number of hydrogen-bond donors (Lipinski definition) is 0. The summed E-state index contributed by atoms with van der Waals surface area (Å²) in [6.45, 7) is 1.78. The van der Waals surface area contributed by atoms with Gasteiger partial charge in [-0.25, -0.2) is 0 Å². The number of halogens is 17. The first-order valence-electron chi connectivity index (χ1n) is 13.3. The van der Waals surface area contributed by atoms with Gasteiger partial charge in [-0.2, -0.15) is 74.6 Å². The van der Waals surface area contributed by atoms with Crippen molar-refractivity contribution in [3.63, 3.8) is 0 Å². The molecule has 0 heterocycles. The van der Waals surface area contributed by atoms with Crippen molar-refractivity contribution >= 4 is 17.1 Å². The second-order valence-corrected chi connectivity index (χ2v) is 10.2. The second kappa shape index (κ2) is 14.3. The molecule has 0 aliphatic heterocycles. The zero-order chi connectivity index (χ0) is 40.5. The van der Waals surface area contributed by atoms with Crippen molar-refractivity contribution in [2.24, 2.45) is 0 Å². The molecular weight excluding hydrogens is 769 g/mol. The van der Waals surface area contributed by atoms with Crippen LogP contribution in [-0.2, 0) is 5.92 Å². The number of hydrogen-bond acceptors (Lipinski definition) is 6. The first-order chi connectivity index (χ1) is 23.4. The van der Waals surface area contributed by atoms with E-state index in [4.69, 9.17) is 4.74 Å². The van der Waals surface area contributed by atoms with Crippen molar-refractivity contribution in [1.82, 2.24) is 0 Å². The molecule has 8 nitrogen and oxygen atoms in total. The van der Waals surface area contributed by atoms with Gasteiger partial charge in [0.05, 0.1) is 15.9 Å². The summed E-state index contributed by atoms with van der Waals surface area (Å²) in [5.74, 6) is -58.1. The number of anilines is 1. The number of non-ortho nitro benzene ring substituents is 1. The van der Waals surface area contributed by atoms with E-state index in [1.165, 1.54) is 0 Å². The summed E-state index contributed by atoms with van der Waals surface area (Å²) < 4.78 is 238. The molecule has 0 saturated carbocycles. The Kier molecular flexibility index (Phi) is 11.9. The number of benzene rings is 2. The zero-order valence-corrected chi connectivity index (χ0v) is 24.9. The van der Waals surface area contributed by atoms with Crippen LogP contribution in [0.4, 0.5) is 91.7 Å². The van der Waals surface area contributed by atoms with Crippen LogP contribution in [0.1, 0.15) is 5.56 Å². The highest BCUT2D eigenvalue weighted by atomic mass is 19.4. The molecule has 0 bridgehead atoms. The lowest BCUT2D eigenvalue weighted by Gasteiger charge is -2.42. The summed E-state index contributed by atoms with van der Waals surface area (Å²) >= 11 is 0. The number of alkyl halides is 17. The fourth-order valence-electron chi connectivity index (χ4n) is 3.97. The Balaban J connectivity index is 2.44. The smallest absolute Gasteiger partial charge is 0.460 e. The normalized spacial score (nSPS) is 14.0. The number of ether oxygens (including phenoxy) is 1. The van der Waals surface area contributed by atoms with E-state index in [2.05, 4.69) is 6.58 Å². The Bertz CT molecular complexity index is 1680. The highest BCUT2D eigenvalue weighted by Crippen LogP contribution is 2.65. The minimum atomic E-state index is -8.75. The highest BCUT2D eigenvalue weighted by molar-refractivity contribution is 5.53. The van der Waals surface area contributed by atoms with Crippen molar-refractivity contribution in [2.45, 2.75) is 47.6 Å². The molecule has 0 aromatic heterocycles. The van der Waals surface area contributed by atoms with Crippen LogP contribution in [-0.4, -0.2) is 71.3 Å². The van der Waals surface area contributed by atoms with E-state index >= 15 is 0 Å².